The molecular weight excluding hydrogens is 202 g/mol. The highest BCUT2D eigenvalue weighted by atomic mass is 19.3. The SMILES string of the molecule is O=C(O)c1ccc(C2CC(F)(F)C2)cc1. The van der Waals surface area contributed by atoms with Crippen LogP contribution in [-0.2, 0) is 0 Å². The summed E-state index contributed by atoms with van der Waals surface area (Å²) in [6.45, 7) is 0. The van der Waals surface area contributed by atoms with Gasteiger partial charge in [0.05, 0.1) is 5.56 Å². The molecule has 0 unspecified atom stereocenters. The highest BCUT2D eigenvalue weighted by molar-refractivity contribution is 5.87. The molecule has 0 bridgehead atoms. The van der Waals surface area contributed by atoms with E-state index in [1.165, 1.54) is 12.1 Å². The maximum Gasteiger partial charge on any atom is 0.335 e. The summed E-state index contributed by atoms with van der Waals surface area (Å²) in [7, 11) is 0. The van der Waals surface area contributed by atoms with E-state index in [4.69, 9.17) is 5.11 Å². The Labute approximate surface area is 85.5 Å². The van der Waals surface area contributed by atoms with E-state index in [0.717, 1.165) is 5.56 Å². The minimum Gasteiger partial charge on any atom is -0.478 e. The first-order valence-electron chi connectivity index (χ1n) is 4.69. The molecule has 1 aliphatic carbocycles. The number of hydrogen-bond acceptors (Lipinski definition) is 1. The highest BCUT2D eigenvalue weighted by Gasteiger charge is 2.45. The summed E-state index contributed by atoms with van der Waals surface area (Å²) >= 11 is 0. The second kappa shape index (κ2) is 3.29. The molecule has 15 heavy (non-hydrogen) atoms. The van der Waals surface area contributed by atoms with Crippen molar-refractivity contribution in [3.8, 4) is 0 Å². The van der Waals surface area contributed by atoms with Crippen molar-refractivity contribution < 1.29 is 18.7 Å². The van der Waals surface area contributed by atoms with Crippen LogP contribution in [0.25, 0.3) is 0 Å². The van der Waals surface area contributed by atoms with Gasteiger partial charge in [0.25, 0.3) is 0 Å². The minimum absolute atomic E-state index is 0.122. The summed E-state index contributed by atoms with van der Waals surface area (Å²) in [5, 5.41) is 8.65. The standard InChI is InChI=1S/C11H10F2O2/c12-11(13)5-9(6-11)7-1-3-8(4-2-7)10(14)15/h1-4,9H,5-6H2,(H,14,15). The summed E-state index contributed by atoms with van der Waals surface area (Å²) < 4.78 is 25.2. The van der Waals surface area contributed by atoms with Crippen LogP contribution < -0.4 is 0 Å². The van der Waals surface area contributed by atoms with Crippen LogP contribution in [0.4, 0.5) is 8.78 Å². The summed E-state index contributed by atoms with van der Waals surface area (Å²) in [5.41, 5.74) is 0.982. The second-order valence-corrected chi connectivity index (χ2v) is 3.89. The van der Waals surface area contributed by atoms with Gasteiger partial charge in [0.2, 0.25) is 5.92 Å². The normalized spacial score (nSPS) is 19.6. The molecule has 1 aromatic carbocycles. The molecule has 1 N–H and O–H groups in total. The van der Waals surface area contributed by atoms with Crippen LogP contribution in [-0.4, -0.2) is 17.0 Å². The fourth-order valence-corrected chi connectivity index (χ4v) is 1.79. The van der Waals surface area contributed by atoms with Crippen molar-refractivity contribution in [3.63, 3.8) is 0 Å². The van der Waals surface area contributed by atoms with Crippen molar-refractivity contribution >= 4 is 5.97 Å². The lowest BCUT2D eigenvalue weighted by molar-refractivity contribution is -0.0867. The molecule has 80 valence electrons. The largest absolute Gasteiger partial charge is 0.478 e. The van der Waals surface area contributed by atoms with Crippen molar-refractivity contribution in [2.24, 2.45) is 0 Å². The Bertz CT molecular complexity index is 376. The molecular formula is C11H10F2O2. The molecule has 0 heterocycles. The lowest BCUT2D eigenvalue weighted by Crippen LogP contribution is -2.33. The summed E-state index contributed by atoms with van der Waals surface area (Å²) in [6.07, 6.45) is -0.251. The maximum atomic E-state index is 12.6. The van der Waals surface area contributed by atoms with E-state index in [1.807, 2.05) is 0 Å². The number of hydrogen-bond donors (Lipinski definition) is 1. The average molecular weight is 212 g/mol. The Kier molecular flexibility index (Phi) is 2.21. The molecule has 1 saturated carbocycles. The third-order valence-electron chi connectivity index (χ3n) is 2.72. The number of carboxylic acids is 1. The summed E-state index contributed by atoms with van der Waals surface area (Å²) in [4.78, 5) is 10.5. The zero-order chi connectivity index (χ0) is 11.1. The van der Waals surface area contributed by atoms with E-state index in [2.05, 4.69) is 0 Å². The van der Waals surface area contributed by atoms with Gasteiger partial charge in [-0.25, -0.2) is 13.6 Å². The van der Waals surface area contributed by atoms with Crippen LogP contribution in [0.1, 0.15) is 34.7 Å². The molecule has 0 radical (unpaired) electrons. The zero-order valence-electron chi connectivity index (χ0n) is 7.91. The first-order valence-corrected chi connectivity index (χ1v) is 4.69. The van der Waals surface area contributed by atoms with Crippen molar-refractivity contribution in [2.45, 2.75) is 24.7 Å². The molecule has 0 aliphatic heterocycles. The van der Waals surface area contributed by atoms with Gasteiger partial charge in [0.15, 0.2) is 0 Å². The Morgan fingerprint density at radius 3 is 2.20 bits per heavy atom. The van der Waals surface area contributed by atoms with Gasteiger partial charge in [0.1, 0.15) is 0 Å². The smallest absolute Gasteiger partial charge is 0.335 e. The number of carboxylic acid groups (broad SMARTS) is 1. The minimum atomic E-state index is -2.53. The van der Waals surface area contributed by atoms with Crippen LogP contribution in [0.3, 0.4) is 0 Å². The molecule has 1 fully saturated rings. The second-order valence-electron chi connectivity index (χ2n) is 3.89. The number of benzene rings is 1. The van der Waals surface area contributed by atoms with Gasteiger partial charge in [-0.3, -0.25) is 0 Å². The van der Waals surface area contributed by atoms with E-state index in [-0.39, 0.29) is 24.3 Å². The Balaban J connectivity index is 2.09. The van der Waals surface area contributed by atoms with Crippen molar-refractivity contribution in [2.75, 3.05) is 0 Å². The Hall–Kier alpha value is -1.45. The van der Waals surface area contributed by atoms with Crippen molar-refractivity contribution in [3.05, 3.63) is 35.4 Å². The van der Waals surface area contributed by atoms with Gasteiger partial charge >= 0.3 is 5.97 Å². The van der Waals surface area contributed by atoms with Crippen LogP contribution in [0.2, 0.25) is 0 Å². The number of carbonyl (C=O) groups is 1. The monoisotopic (exact) mass is 212 g/mol. The summed E-state index contributed by atoms with van der Waals surface area (Å²) in [6, 6.07) is 6.13. The van der Waals surface area contributed by atoms with Gasteiger partial charge < -0.3 is 5.11 Å². The van der Waals surface area contributed by atoms with Crippen LogP contribution in [0.15, 0.2) is 24.3 Å². The van der Waals surface area contributed by atoms with Crippen molar-refractivity contribution in [1.29, 1.82) is 0 Å². The lowest BCUT2D eigenvalue weighted by Gasteiger charge is -2.35. The lowest BCUT2D eigenvalue weighted by atomic mass is 9.76. The van der Waals surface area contributed by atoms with Gasteiger partial charge in [-0.2, -0.15) is 0 Å². The van der Waals surface area contributed by atoms with Gasteiger partial charge in [0, 0.05) is 12.8 Å². The number of alkyl halides is 2. The highest BCUT2D eigenvalue weighted by Crippen LogP contribution is 2.48. The third-order valence-corrected chi connectivity index (χ3v) is 2.72. The van der Waals surface area contributed by atoms with Crippen LogP contribution in [0.5, 0.6) is 0 Å². The van der Waals surface area contributed by atoms with Gasteiger partial charge in [-0.15, -0.1) is 0 Å². The predicted molar refractivity (Wildman–Crippen MR) is 50.3 cm³/mol. The predicted octanol–water partition coefficient (Wildman–Crippen LogP) is 2.90. The van der Waals surface area contributed by atoms with E-state index in [9.17, 15) is 13.6 Å². The van der Waals surface area contributed by atoms with E-state index < -0.39 is 11.9 Å². The van der Waals surface area contributed by atoms with Crippen LogP contribution >= 0.6 is 0 Å². The van der Waals surface area contributed by atoms with Crippen molar-refractivity contribution in [1.82, 2.24) is 0 Å². The number of rotatable bonds is 2. The average Bonchev–Trinajstić information content (AvgIpc) is 2.14. The molecule has 4 heteroatoms. The molecule has 0 saturated heterocycles. The topological polar surface area (TPSA) is 37.3 Å². The molecule has 2 nitrogen and oxygen atoms in total. The maximum absolute atomic E-state index is 12.6. The first kappa shape index (κ1) is 10.1. The molecule has 0 amide bonds. The fourth-order valence-electron chi connectivity index (χ4n) is 1.79. The van der Waals surface area contributed by atoms with Crippen LogP contribution in [0, 0.1) is 0 Å². The Morgan fingerprint density at radius 2 is 1.80 bits per heavy atom. The van der Waals surface area contributed by atoms with E-state index in [0.29, 0.717) is 0 Å². The molecule has 0 spiro atoms. The molecule has 1 aliphatic rings. The van der Waals surface area contributed by atoms with E-state index in [1.54, 1.807) is 12.1 Å². The van der Waals surface area contributed by atoms with Gasteiger partial charge in [-0.05, 0) is 23.6 Å². The molecule has 2 rings (SSSR count). The fraction of sp³-hybridized carbons (Fsp3) is 0.364. The zero-order valence-corrected chi connectivity index (χ0v) is 7.91. The molecule has 1 aromatic rings. The molecule has 0 atom stereocenters. The third kappa shape index (κ3) is 1.98. The molecule has 0 aromatic heterocycles. The summed E-state index contributed by atoms with van der Waals surface area (Å²) in [5.74, 6) is -3.65. The van der Waals surface area contributed by atoms with E-state index >= 15 is 0 Å². The Morgan fingerprint density at radius 1 is 1.27 bits per heavy atom. The van der Waals surface area contributed by atoms with Gasteiger partial charge in [-0.1, -0.05) is 12.1 Å². The number of halogens is 2. The quantitative estimate of drug-likeness (QED) is 0.818. The first-order chi connectivity index (χ1) is 6.98. The number of aromatic carboxylic acids is 1.